The fourth-order valence-electron chi connectivity index (χ4n) is 1.37. The number of anilines is 1. The number of hydrazine groups is 1. The number of rotatable bonds is 3. The van der Waals surface area contributed by atoms with E-state index in [9.17, 15) is 0 Å². The predicted molar refractivity (Wildman–Crippen MR) is 61.8 cm³/mol. The second-order valence-electron chi connectivity index (χ2n) is 3.14. The molecule has 0 saturated carbocycles. The Morgan fingerprint density at radius 3 is 2.94 bits per heavy atom. The summed E-state index contributed by atoms with van der Waals surface area (Å²) in [6.07, 6.45) is 1.65. The third kappa shape index (κ3) is 2.09. The summed E-state index contributed by atoms with van der Waals surface area (Å²) in [5.41, 5.74) is 4.16. The van der Waals surface area contributed by atoms with Crippen molar-refractivity contribution >= 4 is 5.95 Å². The van der Waals surface area contributed by atoms with Gasteiger partial charge in [-0.2, -0.15) is 0 Å². The number of ether oxygens (including phenoxy) is 1. The molecule has 0 aliphatic rings. The molecule has 5 nitrogen and oxygen atoms in total. The van der Waals surface area contributed by atoms with Crippen LogP contribution < -0.4 is 16.0 Å². The van der Waals surface area contributed by atoms with Gasteiger partial charge in [0.2, 0.25) is 5.95 Å². The lowest BCUT2D eigenvalue weighted by Gasteiger charge is -2.05. The minimum absolute atomic E-state index is 0.389. The summed E-state index contributed by atoms with van der Waals surface area (Å²) in [7, 11) is 1.63. The summed E-state index contributed by atoms with van der Waals surface area (Å²) in [6, 6.07) is 9.46. The smallest absolute Gasteiger partial charge is 0.237 e. The van der Waals surface area contributed by atoms with Crippen LogP contribution in [-0.2, 0) is 0 Å². The van der Waals surface area contributed by atoms with Gasteiger partial charge >= 0.3 is 0 Å². The Morgan fingerprint density at radius 1 is 1.31 bits per heavy atom. The monoisotopic (exact) mass is 216 g/mol. The number of methoxy groups -OCH3 is 1. The molecule has 3 N–H and O–H groups in total. The standard InChI is InChI=1S/C11H12N4O/c1-16-9-4-2-3-8(7-9)10-5-6-13-11(14-10)15-12/h2-7H,12H2,1H3,(H,13,14,15). The van der Waals surface area contributed by atoms with Gasteiger partial charge in [0.15, 0.2) is 0 Å². The molecule has 5 heteroatoms. The van der Waals surface area contributed by atoms with E-state index in [0.29, 0.717) is 5.95 Å². The fraction of sp³-hybridized carbons (Fsp3) is 0.0909. The van der Waals surface area contributed by atoms with Crippen LogP contribution in [0.2, 0.25) is 0 Å². The van der Waals surface area contributed by atoms with Gasteiger partial charge in [-0.1, -0.05) is 12.1 Å². The highest BCUT2D eigenvalue weighted by molar-refractivity contribution is 5.61. The van der Waals surface area contributed by atoms with Crippen LogP contribution >= 0.6 is 0 Å². The third-order valence-corrected chi connectivity index (χ3v) is 2.15. The van der Waals surface area contributed by atoms with E-state index < -0.39 is 0 Å². The summed E-state index contributed by atoms with van der Waals surface area (Å²) in [4.78, 5) is 8.18. The van der Waals surface area contributed by atoms with Gasteiger partial charge in [0.25, 0.3) is 0 Å². The third-order valence-electron chi connectivity index (χ3n) is 2.15. The van der Waals surface area contributed by atoms with E-state index in [1.165, 1.54) is 0 Å². The molecule has 16 heavy (non-hydrogen) atoms. The van der Waals surface area contributed by atoms with Gasteiger partial charge in [0.1, 0.15) is 5.75 Å². The quantitative estimate of drug-likeness (QED) is 0.600. The maximum atomic E-state index is 5.25. The van der Waals surface area contributed by atoms with Crippen LogP contribution in [0.15, 0.2) is 36.5 Å². The average molecular weight is 216 g/mol. The molecule has 0 spiro atoms. The van der Waals surface area contributed by atoms with E-state index in [1.54, 1.807) is 13.3 Å². The first-order valence-electron chi connectivity index (χ1n) is 4.77. The molecule has 2 rings (SSSR count). The first kappa shape index (κ1) is 10.4. The maximum absolute atomic E-state index is 5.25. The first-order chi connectivity index (χ1) is 7.83. The van der Waals surface area contributed by atoms with Crippen LogP contribution in [0.5, 0.6) is 5.75 Å². The Labute approximate surface area is 93.3 Å². The summed E-state index contributed by atoms with van der Waals surface area (Å²) >= 11 is 0. The van der Waals surface area contributed by atoms with Crippen molar-refractivity contribution in [2.75, 3.05) is 12.5 Å². The second kappa shape index (κ2) is 4.59. The fourth-order valence-corrected chi connectivity index (χ4v) is 1.37. The van der Waals surface area contributed by atoms with Gasteiger partial charge in [-0.25, -0.2) is 15.8 Å². The largest absolute Gasteiger partial charge is 0.497 e. The minimum Gasteiger partial charge on any atom is -0.497 e. The summed E-state index contributed by atoms with van der Waals surface area (Å²) < 4.78 is 5.15. The Morgan fingerprint density at radius 2 is 2.19 bits per heavy atom. The molecule has 2 aromatic rings. The van der Waals surface area contributed by atoms with E-state index in [-0.39, 0.29) is 0 Å². The van der Waals surface area contributed by atoms with Crippen LogP contribution in [0.3, 0.4) is 0 Å². The maximum Gasteiger partial charge on any atom is 0.237 e. The molecule has 0 bridgehead atoms. The SMILES string of the molecule is COc1cccc(-c2ccnc(NN)n2)c1. The number of aromatic nitrogens is 2. The molecule has 0 atom stereocenters. The lowest BCUT2D eigenvalue weighted by Crippen LogP contribution is -2.10. The average Bonchev–Trinajstić information content (AvgIpc) is 2.39. The van der Waals surface area contributed by atoms with E-state index in [4.69, 9.17) is 10.6 Å². The van der Waals surface area contributed by atoms with Crippen LogP contribution in [-0.4, -0.2) is 17.1 Å². The minimum atomic E-state index is 0.389. The number of nitrogen functional groups attached to an aromatic ring is 1. The predicted octanol–water partition coefficient (Wildman–Crippen LogP) is 1.44. The van der Waals surface area contributed by atoms with E-state index in [2.05, 4.69) is 15.4 Å². The zero-order valence-electron chi connectivity index (χ0n) is 8.84. The summed E-state index contributed by atoms with van der Waals surface area (Å²) in [5, 5.41) is 0. The van der Waals surface area contributed by atoms with E-state index >= 15 is 0 Å². The Kier molecular flexibility index (Phi) is 2.98. The summed E-state index contributed by atoms with van der Waals surface area (Å²) in [6.45, 7) is 0. The molecule has 1 aromatic heterocycles. The zero-order chi connectivity index (χ0) is 11.4. The van der Waals surface area contributed by atoms with Crippen LogP contribution in [0.4, 0.5) is 5.95 Å². The highest BCUT2D eigenvalue weighted by Crippen LogP contribution is 2.22. The number of nitrogens with zero attached hydrogens (tertiary/aromatic N) is 2. The molecule has 0 radical (unpaired) electrons. The molecule has 82 valence electrons. The molecule has 0 aliphatic heterocycles. The van der Waals surface area contributed by atoms with Crippen LogP contribution in [0.1, 0.15) is 0 Å². The molecule has 0 saturated heterocycles. The molecule has 0 unspecified atom stereocenters. The van der Waals surface area contributed by atoms with Crippen molar-refractivity contribution in [3.8, 4) is 17.0 Å². The molecule has 0 fully saturated rings. The van der Waals surface area contributed by atoms with Gasteiger partial charge in [-0.3, -0.25) is 5.43 Å². The normalized spacial score (nSPS) is 9.88. The highest BCUT2D eigenvalue weighted by atomic mass is 16.5. The lowest BCUT2D eigenvalue weighted by molar-refractivity contribution is 0.415. The van der Waals surface area contributed by atoms with Gasteiger partial charge in [-0.05, 0) is 18.2 Å². The molecule has 1 heterocycles. The molecule has 1 aromatic carbocycles. The van der Waals surface area contributed by atoms with Crippen molar-refractivity contribution in [2.24, 2.45) is 5.84 Å². The van der Waals surface area contributed by atoms with E-state index in [0.717, 1.165) is 17.0 Å². The first-order valence-corrected chi connectivity index (χ1v) is 4.77. The Balaban J connectivity index is 2.41. The Hall–Kier alpha value is -2.14. The topological polar surface area (TPSA) is 73.1 Å². The summed E-state index contributed by atoms with van der Waals surface area (Å²) in [5.74, 6) is 6.43. The van der Waals surface area contributed by atoms with Crippen LogP contribution in [0, 0.1) is 0 Å². The van der Waals surface area contributed by atoms with Crippen molar-refractivity contribution in [3.63, 3.8) is 0 Å². The van der Waals surface area contributed by atoms with Gasteiger partial charge in [-0.15, -0.1) is 0 Å². The lowest BCUT2D eigenvalue weighted by atomic mass is 10.1. The van der Waals surface area contributed by atoms with E-state index in [1.807, 2.05) is 30.3 Å². The molecule has 0 amide bonds. The number of benzene rings is 1. The van der Waals surface area contributed by atoms with Crippen LogP contribution in [0.25, 0.3) is 11.3 Å². The van der Waals surface area contributed by atoms with Crippen molar-refractivity contribution in [3.05, 3.63) is 36.5 Å². The Bertz CT molecular complexity index is 441. The van der Waals surface area contributed by atoms with Crippen molar-refractivity contribution in [2.45, 2.75) is 0 Å². The number of hydrogen-bond acceptors (Lipinski definition) is 5. The highest BCUT2D eigenvalue weighted by Gasteiger charge is 2.02. The zero-order valence-corrected chi connectivity index (χ0v) is 8.84. The molecule has 0 aliphatic carbocycles. The van der Waals surface area contributed by atoms with Crippen molar-refractivity contribution < 1.29 is 4.74 Å². The van der Waals surface area contributed by atoms with Crippen molar-refractivity contribution in [1.82, 2.24) is 9.97 Å². The molecular weight excluding hydrogens is 204 g/mol. The molecular formula is C11H12N4O. The number of nitrogens with two attached hydrogens (primary N) is 1. The number of nitrogens with one attached hydrogen (secondary N) is 1. The van der Waals surface area contributed by atoms with Crippen molar-refractivity contribution in [1.29, 1.82) is 0 Å². The number of hydrogen-bond donors (Lipinski definition) is 2. The second-order valence-corrected chi connectivity index (χ2v) is 3.14. The van der Waals surface area contributed by atoms with Gasteiger partial charge in [0, 0.05) is 11.8 Å². The van der Waals surface area contributed by atoms with Gasteiger partial charge < -0.3 is 4.74 Å². The van der Waals surface area contributed by atoms with Gasteiger partial charge in [0.05, 0.1) is 12.8 Å².